The van der Waals surface area contributed by atoms with Crippen LogP contribution in [0.4, 0.5) is 0 Å². The third-order valence-corrected chi connectivity index (χ3v) is 4.13. The number of rotatable bonds is 5. The molecule has 1 N–H and O–H groups in total. The number of benzene rings is 1. The van der Waals surface area contributed by atoms with Gasteiger partial charge in [-0.1, -0.05) is 67.4 Å². The van der Waals surface area contributed by atoms with Gasteiger partial charge in [-0.05, 0) is 11.5 Å². The first kappa shape index (κ1) is 17.5. The molecule has 0 saturated carbocycles. The fourth-order valence-corrected chi connectivity index (χ4v) is 2.48. The summed E-state index contributed by atoms with van der Waals surface area (Å²) in [6.07, 6.45) is 1.25. The maximum absolute atomic E-state index is 12.3. The molecule has 0 spiro atoms. The number of nitrogens with zero attached hydrogens (tertiary/aromatic N) is 2. The zero-order chi connectivity index (χ0) is 17.0. The normalized spacial score (nSPS) is 12.2. The van der Waals surface area contributed by atoms with E-state index < -0.39 is 5.56 Å². The van der Waals surface area contributed by atoms with Crippen molar-refractivity contribution in [2.45, 2.75) is 26.4 Å². The van der Waals surface area contributed by atoms with Gasteiger partial charge in [-0.15, -0.1) is 0 Å². The van der Waals surface area contributed by atoms with Crippen LogP contribution in [0.2, 0.25) is 10.0 Å². The molecule has 0 aliphatic heterocycles. The molecular weight excluding hydrogens is 337 g/mol. The van der Waals surface area contributed by atoms with Crippen LogP contribution < -0.4 is 10.9 Å². The standard InChI is InChI=1S/C16H17Cl2N3O2/c1-10(2)15(11-6-4-3-5-7-11)20-13(22)9-21-16(23)14(18)12(17)8-19-21/h3-8,10,15H,9H2,1-2H3,(H,20,22)/t15-/m1/s1. The third-order valence-electron chi connectivity index (χ3n) is 3.38. The topological polar surface area (TPSA) is 64.0 Å². The Hall–Kier alpha value is -1.85. The minimum atomic E-state index is -0.588. The van der Waals surface area contributed by atoms with Crippen molar-refractivity contribution in [3.63, 3.8) is 0 Å². The second-order valence-corrected chi connectivity index (χ2v) is 6.25. The van der Waals surface area contributed by atoms with Gasteiger partial charge in [0.15, 0.2) is 0 Å². The van der Waals surface area contributed by atoms with E-state index in [4.69, 9.17) is 23.2 Å². The molecule has 2 rings (SSSR count). The van der Waals surface area contributed by atoms with Crippen molar-refractivity contribution in [3.8, 4) is 0 Å². The molecule has 23 heavy (non-hydrogen) atoms. The van der Waals surface area contributed by atoms with Crippen molar-refractivity contribution in [1.29, 1.82) is 0 Å². The molecule has 0 bridgehead atoms. The molecule has 5 nitrogen and oxygen atoms in total. The minimum Gasteiger partial charge on any atom is -0.347 e. The third kappa shape index (κ3) is 4.33. The van der Waals surface area contributed by atoms with Crippen LogP contribution in [0.5, 0.6) is 0 Å². The van der Waals surface area contributed by atoms with Crippen LogP contribution in [0, 0.1) is 5.92 Å². The Morgan fingerprint density at radius 1 is 1.26 bits per heavy atom. The van der Waals surface area contributed by atoms with Gasteiger partial charge >= 0.3 is 0 Å². The summed E-state index contributed by atoms with van der Waals surface area (Å²) in [4.78, 5) is 24.2. The highest BCUT2D eigenvalue weighted by Gasteiger charge is 2.19. The van der Waals surface area contributed by atoms with Gasteiger partial charge in [-0.25, -0.2) is 4.68 Å². The lowest BCUT2D eigenvalue weighted by Gasteiger charge is -2.23. The molecular formula is C16H17Cl2N3O2. The summed E-state index contributed by atoms with van der Waals surface area (Å²) in [5.74, 6) is -0.125. The fourth-order valence-electron chi connectivity index (χ4n) is 2.21. The SMILES string of the molecule is CC(C)[C@@H](NC(=O)Cn1ncc(Cl)c(Cl)c1=O)c1ccccc1. The number of hydrogen-bond acceptors (Lipinski definition) is 3. The average molecular weight is 354 g/mol. The second kappa shape index (κ2) is 7.62. The predicted octanol–water partition coefficient (Wildman–Crippen LogP) is 3.06. The van der Waals surface area contributed by atoms with E-state index in [-0.39, 0.29) is 34.5 Å². The van der Waals surface area contributed by atoms with E-state index in [0.717, 1.165) is 10.2 Å². The average Bonchev–Trinajstić information content (AvgIpc) is 2.54. The maximum Gasteiger partial charge on any atom is 0.287 e. The summed E-state index contributed by atoms with van der Waals surface area (Å²) in [5, 5.41) is 6.68. The molecule has 0 fully saturated rings. The quantitative estimate of drug-likeness (QED) is 0.898. The lowest BCUT2D eigenvalue weighted by atomic mass is 9.96. The molecule has 0 radical (unpaired) electrons. The molecule has 2 aromatic rings. The summed E-state index contributed by atoms with van der Waals surface area (Å²) in [6.45, 7) is 3.81. The zero-order valence-corrected chi connectivity index (χ0v) is 14.3. The van der Waals surface area contributed by atoms with Crippen LogP contribution >= 0.6 is 23.2 Å². The first-order valence-electron chi connectivity index (χ1n) is 7.15. The monoisotopic (exact) mass is 353 g/mol. The van der Waals surface area contributed by atoms with Crippen LogP contribution in [-0.4, -0.2) is 15.7 Å². The Morgan fingerprint density at radius 3 is 2.52 bits per heavy atom. The largest absolute Gasteiger partial charge is 0.347 e. The van der Waals surface area contributed by atoms with Crippen LogP contribution in [0.3, 0.4) is 0 Å². The molecule has 1 aromatic heterocycles. The lowest BCUT2D eigenvalue weighted by Crippen LogP contribution is -2.37. The molecule has 1 heterocycles. The van der Waals surface area contributed by atoms with Crippen molar-refractivity contribution in [1.82, 2.24) is 15.1 Å². The Kier molecular flexibility index (Phi) is 5.80. The van der Waals surface area contributed by atoms with Gasteiger partial charge in [0.05, 0.1) is 17.3 Å². The van der Waals surface area contributed by atoms with Crippen molar-refractivity contribution < 1.29 is 4.79 Å². The highest BCUT2D eigenvalue weighted by molar-refractivity contribution is 6.41. The molecule has 7 heteroatoms. The van der Waals surface area contributed by atoms with E-state index in [2.05, 4.69) is 10.4 Å². The summed E-state index contributed by atoms with van der Waals surface area (Å²) < 4.78 is 0.992. The summed E-state index contributed by atoms with van der Waals surface area (Å²) >= 11 is 11.5. The number of amides is 1. The maximum atomic E-state index is 12.3. The molecule has 0 saturated heterocycles. The highest BCUT2D eigenvalue weighted by atomic mass is 35.5. The van der Waals surface area contributed by atoms with Gasteiger partial charge in [0.25, 0.3) is 5.56 Å². The molecule has 0 aliphatic rings. The summed E-state index contributed by atoms with van der Waals surface area (Å²) in [5.41, 5.74) is 0.417. The number of hydrogen-bond donors (Lipinski definition) is 1. The lowest BCUT2D eigenvalue weighted by molar-refractivity contribution is -0.123. The van der Waals surface area contributed by atoms with Gasteiger partial charge in [0.2, 0.25) is 5.91 Å². The van der Waals surface area contributed by atoms with E-state index in [1.54, 1.807) is 0 Å². The van der Waals surface area contributed by atoms with Gasteiger partial charge < -0.3 is 5.32 Å². The van der Waals surface area contributed by atoms with E-state index in [9.17, 15) is 9.59 Å². The van der Waals surface area contributed by atoms with Crippen LogP contribution in [-0.2, 0) is 11.3 Å². The molecule has 1 amide bonds. The van der Waals surface area contributed by atoms with Crippen LogP contribution in [0.15, 0.2) is 41.3 Å². The number of carbonyl (C=O) groups is 1. The summed E-state index contributed by atoms with van der Waals surface area (Å²) in [7, 11) is 0. The molecule has 1 aromatic carbocycles. The number of carbonyl (C=O) groups excluding carboxylic acids is 1. The second-order valence-electron chi connectivity index (χ2n) is 5.47. The summed E-state index contributed by atoms with van der Waals surface area (Å²) in [6, 6.07) is 9.51. The van der Waals surface area contributed by atoms with Gasteiger partial charge in [0.1, 0.15) is 11.6 Å². The van der Waals surface area contributed by atoms with Crippen molar-refractivity contribution in [3.05, 3.63) is 62.5 Å². The van der Waals surface area contributed by atoms with Crippen molar-refractivity contribution in [2.24, 2.45) is 5.92 Å². The smallest absolute Gasteiger partial charge is 0.287 e. The zero-order valence-electron chi connectivity index (χ0n) is 12.8. The number of aromatic nitrogens is 2. The van der Waals surface area contributed by atoms with Crippen LogP contribution in [0.25, 0.3) is 0 Å². The highest BCUT2D eigenvalue weighted by Crippen LogP contribution is 2.21. The number of nitrogens with one attached hydrogen (secondary N) is 1. The van der Waals surface area contributed by atoms with E-state index in [1.807, 2.05) is 44.2 Å². The number of halogens is 2. The Morgan fingerprint density at radius 2 is 1.91 bits per heavy atom. The van der Waals surface area contributed by atoms with Gasteiger partial charge in [0, 0.05) is 0 Å². The first-order valence-corrected chi connectivity index (χ1v) is 7.91. The Labute approximate surface area is 144 Å². The van der Waals surface area contributed by atoms with Gasteiger partial charge in [-0.3, -0.25) is 9.59 Å². The van der Waals surface area contributed by atoms with Crippen molar-refractivity contribution >= 4 is 29.1 Å². The molecule has 1 atom stereocenters. The molecule has 0 unspecified atom stereocenters. The van der Waals surface area contributed by atoms with E-state index in [1.165, 1.54) is 6.20 Å². The minimum absolute atomic E-state index is 0.0673. The van der Waals surface area contributed by atoms with Gasteiger partial charge in [-0.2, -0.15) is 5.10 Å². The fraction of sp³-hybridized carbons (Fsp3) is 0.312. The van der Waals surface area contributed by atoms with Crippen molar-refractivity contribution in [2.75, 3.05) is 0 Å². The Balaban J connectivity index is 2.15. The molecule has 122 valence electrons. The Bertz CT molecular complexity index is 745. The first-order chi connectivity index (χ1) is 10.9. The van der Waals surface area contributed by atoms with Crippen LogP contribution in [0.1, 0.15) is 25.5 Å². The van der Waals surface area contributed by atoms with E-state index in [0.29, 0.717) is 0 Å². The molecule has 0 aliphatic carbocycles. The van der Waals surface area contributed by atoms with E-state index >= 15 is 0 Å². The predicted molar refractivity (Wildman–Crippen MR) is 90.7 cm³/mol.